The van der Waals surface area contributed by atoms with E-state index in [9.17, 15) is 4.79 Å². The molecule has 0 radical (unpaired) electrons. The van der Waals surface area contributed by atoms with Crippen molar-refractivity contribution in [3.05, 3.63) is 71.0 Å². The number of aromatic nitrogens is 2. The molecule has 1 heterocycles. The fourth-order valence-electron chi connectivity index (χ4n) is 2.77. The molecule has 0 spiro atoms. The minimum absolute atomic E-state index is 0.200. The average Bonchev–Trinajstić information content (AvgIpc) is 2.91. The van der Waals surface area contributed by atoms with Gasteiger partial charge in [-0.3, -0.25) is 10.2 Å². The summed E-state index contributed by atoms with van der Waals surface area (Å²) >= 11 is 0. The van der Waals surface area contributed by atoms with E-state index in [0.29, 0.717) is 17.1 Å². The van der Waals surface area contributed by atoms with Crippen LogP contribution < -0.4 is 10.2 Å². The first-order valence-corrected chi connectivity index (χ1v) is 8.09. The number of benzene rings is 2. The fraction of sp³-hybridized carbons (Fsp3) is 0.200. The summed E-state index contributed by atoms with van der Waals surface area (Å²) in [7, 11) is 1.60. The van der Waals surface area contributed by atoms with Crippen molar-refractivity contribution < 1.29 is 9.53 Å². The van der Waals surface area contributed by atoms with Crippen molar-refractivity contribution in [2.24, 2.45) is 0 Å². The number of nitrogens with one attached hydrogen (secondary N) is 1. The van der Waals surface area contributed by atoms with Gasteiger partial charge in [0.15, 0.2) is 5.82 Å². The summed E-state index contributed by atoms with van der Waals surface area (Å²) < 4.78 is 7.05. The molecule has 1 N–H and O–H groups in total. The lowest BCUT2D eigenvalue weighted by Crippen LogP contribution is -2.25. The highest BCUT2D eigenvalue weighted by Gasteiger charge is 2.17. The molecule has 0 saturated heterocycles. The van der Waals surface area contributed by atoms with Crippen molar-refractivity contribution in [2.75, 3.05) is 12.5 Å². The van der Waals surface area contributed by atoms with Gasteiger partial charge in [-0.25, -0.2) is 9.66 Å². The van der Waals surface area contributed by atoms with Crippen LogP contribution in [0.2, 0.25) is 0 Å². The first-order valence-electron chi connectivity index (χ1n) is 8.09. The number of carbonyl (C=O) groups is 1. The molecule has 5 nitrogen and oxygen atoms in total. The summed E-state index contributed by atoms with van der Waals surface area (Å²) in [5.74, 6) is 1.20. The van der Waals surface area contributed by atoms with Crippen LogP contribution >= 0.6 is 0 Å². The van der Waals surface area contributed by atoms with Gasteiger partial charge in [-0.05, 0) is 32.9 Å². The second kappa shape index (κ2) is 6.81. The number of methoxy groups -OCH3 is 1. The molecule has 1 amide bonds. The van der Waals surface area contributed by atoms with Crippen LogP contribution in [-0.2, 0) is 0 Å². The number of amides is 1. The highest BCUT2D eigenvalue weighted by Crippen LogP contribution is 2.23. The number of ether oxygens (including phenoxy) is 1. The number of imidazole rings is 1. The van der Waals surface area contributed by atoms with E-state index in [1.165, 1.54) is 0 Å². The molecule has 0 atom stereocenters. The van der Waals surface area contributed by atoms with Crippen LogP contribution in [0, 0.1) is 20.8 Å². The van der Waals surface area contributed by atoms with Crippen molar-refractivity contribution in [3.8, 4) is 17.1 Å². The van der Waals surface area contributed by atoms with Crippen LogP contribution in [0.5, 0.6) is 5.75 Å². The fourth-order valence-corrected chi connectivity index (χ4v) is 2.77. The van der Waals surface area contributed by atoms with Crippen LogP contribution in [0.15, 0.2) is 48.5 Å². The Morgan fingerprint density at radius 3 is 2.44 bits per heavy atom. The second-order valence-electron chi connectivity index (χ2n) is 5.88. The molecule has 3 rings (SSSR count). The zero-order valence-corrected chi connectivity index (χ0v) is 14.8. The molecule has 128 valence electrons. The van der Waals surface area contributed by atoms with E-state index in [4.69, 9.17) is 4.74 Å². The van der Waals surface area contributed by atoms with Crippen molar-refractivity contribution in [1.82, 2.24) is 9.66 Å². The van der Waals surface area contributed by atoms with E-state index in [1.54, 1.807) is 17.9 Å². The molecule has 0 bridgehead atoms. The van der Waals surface area contributed by atoms with E-state index in [2.05, 4.69) is 10.4 Å². The maximum Gasteiger partial charge on any atom is 0.270 e. The molecule has 2 aromatic carbocycles. The van der Waals surface area contributed by atoms with Gasteiger partial charge >= 0.3 is 0 Å². The summed E-state index contributed by atoms with van der Waals surface area (Å²) in [4.78, 5) is 17.4. The molecule has 1 aromatic heterocycles. The normalized spacial score (nSPS) is 10.6. The Bertz CT molecular complexity index is 914. The lowest BCUT2D eigenvalue weighted by molar-refractivity contribution is 0.101. The quantitative estimate of drug-likeness (QED) is 0.787. The predicted molar refractivity (Wildman–Crippen MR) is 98.6 cm³/mol. The summed E-state index contributed by atoms with van der Waals surface area (Å²) in [5, 5.41) is 0. The Hall–Kier alpha value is -3.08. The molecular weight excluding hydrogens is 314 g/mol. The smallest absolute Gasteiger partial charge is 0.270 e. The van der Waals surface area contributed by atoms with Gasteiger partial charge in [-0.2, -0.15) is 0 Å². The SMILES string of the molecule is COc1cccc(C(=O)Nn2c(-c3ccccc3)nc(C)c2C)c1C. The lowest BCUT2D eigenvalue weighted by atomic mass is 10.1. The molecule has 0 fully saturated rings. The van der Waals surface area contributed by atoms with E-state index in [1.807, 2.05) is 63.2 Å². The highest BCUT2D eigenvalue weighted by molar-refractivity contribution is 6.02. The maximum absolute atomic E-state index is 12.8. The molecule has 3 aromatic rings. The summed E-state index contributed by atoms with van der Waals surface area (Å²) in [5.41, 5.74) is 7.06. The average molecular weight is 335 g/mol. The molecule has 0 aliphatic carbocycles. The van der Waals surface area contributed by atoms with Crippen LogP contribution in [0.4, 0.5) is 0 Å². The zero-order valence-electron chi connectivity index (χ0n) is 14.8. The van der Waals surface area contributed by atoms with Crippen molar-refractivity contribution >= 4 is 5.91 Å². The Balaban J connectivity index is 2.00. The van der Waals surface area contributed by atoms with Gasteiger partial charge in [0.1, 0.15) is 5.75 Å². The number of hydrogen-bond acceptors (Lipinski definition) is 3. The second-order valence-corrected chi connectivity index (χ2v) is 5.88. The van der Waals surface area contributed by atoms with E-state index in [0.717, 1.165) is 22.5 Å². The minimum Gasteiger partial charge on any atom is -0.496 e. The zero-order chi connectivity index (χ0) is 18.0. The molecule has 0 aliphatic rings. The molecule has 25 heavy (non-hydrogen) atoms. The first-order chi connectivity index (χ1) is 12.0. The minimum atomic E-state index is -0.200. The Morgan fingerprint density at radius 1 is 1.04 bits per heavy atom. The van der Waals surface area contributed by atoms with Gasteiger partial charge in [0.2, 0.25) is 0 Å². The lowest BCUT2D eigenvalue weighted by Gasteiger charge is -2.14. The van der Waals surface area contributed by atoms with Gasteiger partial charge in [0.25, 0.3) is 5.91 Å². The summed E-state index contributed by atoms with van der Waals surface area (Å²) in [6.45, 7) is 5.74. The van der Waals surface area contributed by atoms with E-state index in [-0.39, 0.29) is 5.91 Å². The Kier molecular flexibility index (Phi) is 4.57. The third kappa shape index (κ3) is 3.13. The molecular formula is C20H21N3O2. The van der Waals surface area contributed by atoms with Gasteiger partial charge < -0.3 is 4.74 Å². The van der Waals surface area contributed by atoms with Gasteiger partial charge in [0.05, 0.1) is 18.5 Å². The first kappa shape index (κ1) is 16.8. The third-order valence-corrected chi connectivity index (χ3v) is 4.34. The number of rotatable bonds is 4. The monoisotopic (exact) mass is 335 g/mol. The number of hydrogen-bond donors (Lipinski definition) is 1. The van der Waals surface area contributed by atoms with Crippen LogP contribution in [0.25, 0.3) is 11.4 Å². The summed E-state index contributed by atoms with van der Waals surface area (Å²) in [6.07, 6.45) is 0. The number of aryl methyl sites for hydroxylation is 1. The topological polar surface area (TPSA) is 56.1 Å². The molecule has 0 aliphatic heterocycles. The van der Waals surface area contributed by atoms with Crippen molar-refractivity contribution in [3.63, 3.8) is 0 Å². The summed E-state index contributed by atoms with van der Waals surface area (Å²) in [6, 6.07) is 15.2. The predicted octanol–water partition coefficient (Wildman–Crippen LogP) is 3.87. The molecule has 0 unspecified atom stereocenters. The van der Waals surface area contributed by atoms with Gasteiger partial charge in [-0.15, -0.1) is 0 Å². The van der Waals surface area contributed by atoms with Gasteiger partial charge in [0, 0.05) is 16.7 Å². The highest BCUT2D eigenvalue weighted by atomic mass is 16.5. The number of nitrogens with zero attached hydrogens (tertiary/aromatic N) is 2. The van der Waals surface area contributed by atoms with Crippen molar-refractivity contribution in [1.29, 1.82) is 0 Å². The standard InChI is InChI=1S/C20H21N3O2/c1-13-17(11-8-12-18(13)25-4)20(24)22-23-15(3)14(2)21-19(23)16-9-6-5-7-10-16/h5-12H,1-4H3,(H,22,24). The van der Waals surface area contributed by atoms with Gasteiger partial charge in [-0.1, -0.05) is 36.4 Å². The van der Waals surface area contributed by atoms with Crippen LogP contribution in [0.1, 0.15) is 27.3 Å². The Morgan fingerprint density at radius 2 is 1.76 bits per heavy atom. The van der Waals surface area contributed by atoms with Crippen molar-refractivity contribution in [2.45, 2.75) is 20.8 Å². The largest absolute Gasteiger partial charge is 0.496 e. The number of carbonyl (C=O) groups excluding carboxylic acids is 1. The van der Waals surface area contributed by atoms with Crippen LogP contribution in [-0.4, -0.2) is 22.7 Å². The molecule has 0 saturated carbocycles. The third-order valence-electron chi connectivity index (χ3n) is 4.34. The van der Waals surface area contributed by atoms with Crippen LogP contribution in [0.3, 0.4) is 0 Å². The van der Waals surface area contributed by atoms with E-state index < -0.39 is 0 Å². The Labute approximate surface area is 147 Å². The maximum atomic E-state index is 12.8. The molecule has 5 heteroatoms. The van der Waals surface area contributed by atoms with E-state index >= 15 is 0 Å².